The zero-order chi connectivity index (χ0) is 12.7. The summed E-state index contributed by atoms with van der Waals surface area (Å²) in [7, 11) is 0. The van der Waals surface area contributed by atoms with Crippen LogP contribution in [-0.4, -0.2) is 24.7 Å². The van der Waals surface area contributed by atoms with Crippen molar-refractivity contribution < 1.29 is 4.79 Å². The molecule has 4 heteroatoms. The number of carbonyl (C=O) groups excluding carboxylic acids is 1. The van der Waals surface area contributed by atoms with Gasteiger partial charge in [0.25, 0.3) is 0 Å². The number of thioether (sulfide) groups is 1. The first-order chi connectivity index (χ1) is 8.11. The minimum Gasteiger partial charge on any atom is -0.326 e. The van der Waals surface area contributed by atoms with Crippen molar-refractivity contribution >= 4 is 23.4 Å². The standard InChI is InChI=1S/C13H20N2OS/c1-10(2)14-8-7-13(16)15-11-5-4-6-12(9-11)17-3/h4-6,9-10,14H,7-8H2,1-3H3,(H,15,16). The second kappa shape index (κ2) is 7.35. The topological polar surface area (TPSA) is 41.1 Å². The van der Waals surface area contributed by atoms with E-state index in [9.17, 15) is 4.79 Å². The van der Waals surface area contributed by atoms with Crippen LogP contribution in [0.1, 0.15) is 20.3 Å². The molecule has 0 aromatic heterocycles. The van der Waals surface area contributed by atoms with Gasteiger partial charge < -0.3 is 10.6 Å². The number of hydrogen-bond acceptors (Lipinski definition) is 3. The normalized spacial score (nSPS) is 10.6. The molecule has 2 N–H and O–H groups in total. The number of hydrogen-bond donors (Lipinski definition) is 2. The summed E-state index contributed by atoms with van der Waals surface area (Å²) in [4.78, 5) is 12.8. The van der Waals surface area contributed by atoms with Gasteiger partial charge >= 0.3 is 0 Å². The SMILES string of the molecule is CSc1cccc(NC(=O)CCNC(C)C)c1. The van der Waals surface area contributed by atoms with Gasteiger partial charge in [-0.25, -0.2) is 0 Å². The molecule has 1 aromatic rings. The zero-order valence-corrected chi connectivity index (χ0v) is 11.4. The fourth-order valence-electron chi connectivity index (χ4n) is 1.40. The molecule has 1 amide bonds. The Morgan fingerprint density at radius 3 is 2.82 bits per heavy atom. The van der Waals surface area contributed by atoms with Crippen LogP contribution >= 0.6 is 11.8 Å². The van der Waals surface area contributed by atoms with E-state index in [1.807, 2.05) is 30.5 Å². The van der Waals surface area contributed by atoms with E-state index in [4.69, 9.17) is 0 Å². The number of nitrogens with one attached hydrogen (secondary N) is 2. The summed E-state index contributed by atoms with van der Waals surface area (Å²) in [5.74, 6) is 0.0522. The lowest BCUT2D eigenvalue weighted by Gasteiger charge is -2.09. The Hall–Kier alpha value is -1.00. The summed E-state index contributed by atoms with van der Waals surface area (Å²) in [6, 6.07) is 8.29. The van der Waals surface area contributed by atoms with Gasteiger partial charge in [-0.3, -0.25) is 4.79 Å². The van der Waals surface area contributed by atoms with Crippen molar-refractivity contribution in [3.05, 3.63) is 24.3 Å². The van der Waals surface area contributed by atoms with Crippen LogP contribution in [0.4, 0.5) is 5.69 Å². The van der Waals surface area contributed by atoms with Crippen LogP contribution in [0.25, 0.3) is 0 Å². The number of amides is 1. The average molecular weight is 252 g/mol. The van der Waals surface area contributed by atoms with Gasteiger partial charge in [0, 0.05) is 29.6 Å². The van der Waals surface area contributed by atoms with E-state index in [-0.39, 0.29) is 5.91 Å². The summed E-state index contributed by atoms with van der Waals surface area (Å²) >= 11 is 1.67. The highest BCUT2D eigenvalue weighted by Gasteiger charge is 2.03. The summed E-state index contributed by atoms with van der Waals surface area (Å²) < 4.78 is 0. The van der Waals surface area contributed by atoms with Crippen molar-refractivity contribution in [2.24, 2.45) is 0 Å². The molecule has 0 saturated carbocycles. The number of anilines is 1. The maximum absolute atomic E-state index is 11.6. The molecule has 0 atom stereocenters. The van der Waals surface area contributed by atoms with Crippen LogP contribution in [0.15, 0.2) is 29.2 Å². The molecule has 0 saturated heterocycles. The molecule has 0 bridgehead atoms. The molecule has 17 heavy (non-hydrogen) atoms. The maximum Gasteiger partial charge on any atom is 0.225 e. The van der Waals surface area contributed by atoms with Gasteiger partial charge in [0.15, 0.2) is 0 Å². The molecule has 1 rings (SSSR count). The quantitative estimate of drug-likeness (QED) is 0.765. The van der Waals surface area contributed by atoms with Crippen molar-refractivity contribution in [3.63, 3.8) is 0 Å². The summed E-state index contributed by atoms with van der Waals surface area (Å²) in [6.07, 6.45) is 2.52. The lowest BCUT2D eigenvalue weighted by Crippen LogP contribution is -2.27. The van der Waals surface area contributed by atoms with E-state index in [0.717, 1.165) is 10.6 Å². The first-order valence-corrected chi connectivity index (χ1v) is 7.01. The van der Waals surface area contributed by atoms with E-state index < -0.39 is 0 Å². The molecule has 1 aromatic carbocycles. The number of carbonyl (C=O) groups is 1. The lowest BCUT2D eigenvalue weighted by atomic mass is 10.3. The van der Waals surface area contributed by atoms with Crippen LogP contribution in [-0.2, 0) is 4.79 Å². The molecule has 0 unspecified atom stereocenters. The minimum atomic E-state index is 0.0522. The Labute approximate surface area is 107 Å². The second-order valence-electron chi connectivity index (χ2n) is 4.14. The highest BCUT2D eigenvalue weighted by atomic mass is 32.2. The largest absolute Gasteiger partial charge is 0.326 e. The van der Waals surface area contributed by atoms with Crippen molar-refractivity contribution in [1.82, 2.24) is 5.32 Å². The van der Waals surface area contributed by atoms with Crippen LogP contribution in [0.3, 0.4) is 0 Å². The Morgan fingerprint density at radius 1 is 1.41 bits per heavy atom. The van der Waals surface area contributed by atoms with Gasteiger partial charge in [0.05, 0.1) is 0 Å². The molecule has 0 aliphatic carbocycles. The number of benzene rings is 1. The first kappa shape index (κ1) is 14.1. The monoisotopic (exact) mass is 252 g/mol. The predicted octanol–water partition coefficient (Wildman–Crippen LogP) is 2.74. The molecular formula is C13H20N2OS. The third-order valence-electron chi connectivity index (χ3n) is 2.26. The second-order valence-corrected chi connectivity index (χ2v) is 5.02. The number of rotatable bonds is 6. The van der Waals surface area contributed by atoms with Crippen LogP contribution in [0.2, 0.25) is 0 Å². The molecule has 94 valence electrons. The van der Waals surface area contributed by atoms with Gasteiger partial charge in [-0.2, -0.15) is 0 Å². The highest BCUT2D eigenvalue weighted by Crippen LogP contribution is 2.18. The molecule has 0 heterocycles. The fourth-order valence-corrected chi connectivity index (χ4v) is 1.86. The Bertz CT molecular complexity index is 366. The van der Waals surface area contributed by atoms with Crippen molar-refractivity contribution in [1.29, 1.82) is 0 Å². The summed E-state index contributed by atoms with van der Waals surface area (Å²) in [5.41, 5.74) is 0.867. The Balaban J connectivity index is 2.39. The molecule has 0 aliphatic rings. The molecular weight excluding hydrogens is 232 g/mol. The van der Waals surface area contributed by atoms with Gasteiger partial charge in [-0.05, 0) is 24.5 Å². The van der Waals surface area contributed by atoms with E-state index in [0.29, 0.717) is 19.0 Å². The van der Waals surface area contributed by atoms with Crippen LogP contribution in [0.5, 0.6) is 0 Å². The van der Waals surface area contributed by atoms with Crippen molar-refractivity contribution in [2.45, 2.75) is 31.2 Å². The molecule has 0 radical (unpaired) electrons. The summed E-state index contributed by atoms with van der Waals surface area (Å²) in [5, 5.41) is 6.12. The van der Waals surface area contributed by atoms with E-state index in [1.54, 1.807) is 11.8 Å². The van der Waals surface area contributed by atoms with Gasteiger partial charge in [-0.15, -0.1) is 11.8 Å². The van der Waals surface area contributed by atoms with Crippen molar-refractivity contribution in [2.75, 3.05) is 18.1 Å². The van der Waals surface area contributed by atoms with E-state index >= 15 is 0 Å². The van der Waals surface area contributed by atoms with E-state index in [1.165, 1.54) is 0 Å². The summed E-state index contributed by atoms with van der Waals surface area (Å²) in [6.45, 7) is 4.85. The van der Waals surface area contributed by atoms with Gasteiger partial charge in [-0.1, -0.05) is 19.9 Å². The van der Waals surface area contributed by atoms with Crippen LogP contribution < -0.4 is 10.6 Å². The Kier molecular flexibility index (Phi) is 6.08. The van der Waals surface area contributed by atoms with E-state index in [2.05, 4.69) is 24.5 Å². The minimum absolute atomic E-state index is 0.0522. The fraction of sp³-hybridized carbons (Fsp3) is 0.462. The van der Waals surface area contributed by atoms with Gasteiger partial charge in [0.1, 0.15) is 0 Å². The smallest absolute Gasteiger partial charge is 0.225 e. The lowest BCUT2D eigenvalue weighted by molar-refractivity contribution is -0.116. The average Bonchev–Trinajstić information content (AvgIpc) is 2.28. The molecule has 3 nitrogen and oxygen atoms in total. The Morgan fingerprint density at radius 2 is 2.18 bits per heavy atom. The molecule has 0 fully saturated rings. The molecule has 0 aliphatic heterocycles. The predicted molar refractivity (Wildman–Crippen MR) is 74.6 cm³/mol. The highest BCUT2D eigenvalue weighted by molar-refractivity contribution is 7.98. The van der Waals surface area contributed by atoms with Gasteiger partial charge in [0.2, 0.25) is 5.91 Å². The third kappa shape index (κ3) is 5.75. The first-order valence-electron chi connectivity index (χ1n) is 5.79. The van der Waals surface area contributed by atoms with Crippen molar-refractivity contribution in [3.8, 4) is 0 Å². The van der Waals surface area contributed by atoms with Crippen LogP contribution in [0, 0.1) is 0 Å². The zero-order valence-electron chi connectivity index (χ0n) is 10.6. The molecule has 0 spiro atoms. The third-order valence-corrected chi connectivity index (χ3v) is 2.98. The maximum atomic E-state index is 11.6.